The van der Waals surface area contributed by atoms with Gasteiger partial charge in [-0.25, -0.2) is 0 Å². The monoisotopic (exact) mass is 423 g/mol. The molecule has 1 saturated heterocycles. The second-order valence-corrected chi connectivity index (χ2v) is 7.71. The molecule has 1 fully saturated rings. The second-order valence-electron chi connectivity index (χ2n) is 7.71. The summed E-state index contributed by atoms with van der Waals surface area (Å²) in [7, 11) is 1.53. The molecule has 1 N–H and O–H groups in total. The standard InChI is InChI=1S/C24H25NO6/c1-14-4-5-15(2)17(12-14)22(26)20-21(25(8-9-29-3)24(28)23(20)27)16-6-7-18-19(13-16)31-11-10-30-18/h4-7,12-13,21,26H,8-11H2,1-3H3/b22-20+. The third-order valence-electron chi connectivity index (χ3n) is 5.61. The Balaban J connectivity index is 1.88. The van der Waals surface area contributed by atoms with Gasteiger partial charge in [-0.2, -0.15) is 0 Å². The molecule has 7 heteroatoms. The molecule has 2 aliphatic heterocycles. The number of likely N-dealkylation sites (tertiary alicyclic amines) is 1. The summed E-state index contributed by atoms with van der Waals surface area (Å²) in [4.78, 5) is 27.4. The first kappa shape index (κ1) is 20.9. The van der Waals surface area contributed by atoms with E-state index in [4.69, 9.17) is 14.2 Å². The molecule has 2 aromatic rings. The largest absolute Gasteiger partial charge is 0.507 e. The number of aliphatic hydroxyl groups is 1. The smallest absolute Gasteiger partial charge is 0.295 e. The average Bonchev–Trinajstić information content (AvgIpc) is 3.03. The van der Waals surface area contributed by atoms with E-state index in [2.05, 4.69) is 0 Å². The summed E-state index contributed by atoms with van der Waals surface area (Å²) in [6, 6.07) is 10.2. The number of carbonyl (C=O) groups is 2. The summed E-state index contributed by atoms with van der Waals surface area (Å²) >= 11 is 0. The molecular weight excluding hydrogens is 398 g/mol. The molecule has 4 rings (SSSR count). The highest BCUT2D eigenvalue weighted by atomic mass is 16.6. The predicted octanol–water partition coefficient (Wildman–Crippen LogP) is 3.14. The van der Waals surface area contributed by atoms with Crippen molar-refractivity contribution in [3.63, 3.8) is 0 Å². The van der Waals surface area contributed by atoms with Gasteiger partial charge < -0.3 is 24.2 Å². The van der Waals surface area contributed by atoms with E-state index < -0.39 is 17.7 Å². The minimum absolute atomic E-state index is 0.0616. The van der Waals surface area contributed by atoms with Gasteiger partial charge in [0, 0.05) is 19.2 Å². The summed E-state index contributed by atoms with van der Waals surface area (Å²) < 4.78 is 16.4. The second kappa shape index (κ2) is 8.43. The van der Waals surface area contributed by atoms with Gasteiger partial charge in [-0.1, -0.05) is 23.8 Å². The van der Waals surface area contributed by atoms with Crippen LogP contribution in [0, 0.1) is 13.8 Å². The van der Waals surface area contributed by atoms with Crippen molar-refractivity contribution < 1.29 is 28.9 Å². The zero-order chi connectivity index (χ0) is 22.1. The van der Waals surface area contributed by atoms with Crippen LogP contribution in [0.3, 0.4) is 0 Å². The van der Waals surface area contributed by atoms with Crippen LogP contribution in [0.25, 0.3) is 5.76 Å². The van der Waals surface area contributed by atoms with E-state index in [9.17, 15) is 14.7 Å². The lowest BCUT2D eigenvalue weighted by Crippen LogP contribution is -2.32. The van der Waals surface area contributed by atoms with Gasteiger partial charge in [0.2, 0.25) is 0 Å². The zero-order valence-corrected chi connectivity index (χ0v) is 17.8. The summed E-state index contributed by atoms with van der Waals surface area (Å²) in [6.45, 7) is 5.12. The Bertz CT molecular complexity index is 1070. The van der Waals surface area contributed by atoms with Gasteiger partial charge in [-0.3, -0.25) is 9.59 Å². The van der Waals surface area contributed by atoms with Crippen LogP contribution in [0.5, 0.6) is 11.5 Å². The van der Waals surface area contributed by atoms with Crippen molar-refractivity contribution in [1.82, 2.24) is 4.90 Å². The fraction of sp³-hybridized carbons (Fsp3) is 0.333. The van der Waals surface area contributed by atoms with Crippen LogP contribution in [-0.2, 0) is 14.3 Å². The molecule has 0 saturated carbocycles. The van der Waals surface area contributed by atoms with Crippen LogP contribution in [0.1, 0.15) is 28.3 Å². The first-order valence-corrected chi connectivity index (χ1v) is 10.2. The van der Waals surface area contributed by atoms with Crippen LogP contribution in [0.4, 0.5) is 0 Å². The number of Topliss-reactive ketones (excluding diaryl/α,β-unsaturated/α-hetero) is 1. The van der Waals surface area contributed by atoms with Gasteiger partial charge in [-0.15, -0.1) is 0 Å². The molecule has 2 aliphatic rings. The van der Waals surface area contributed by atoms with E-state index in [-0.39, 0.29) is 24.5 Å². The number of fused-ring (bicyclic) bond motifs is 1. The van der Waals surface area contributed by atoms with Crippen molar-refractivity contribution >= 4 is 17.4 Å². The Morgan fingerprint density at radius 2 is 1.84 bits per heavy atom. The first-order valence-electron chi connectivity index (χ1n) is 10.2. The number of amides is 1. The first-order chi connectivity index (χ1) is 14.9. The van der Waals surface area contributed by atoms with Gasteiger partial charge >= 0.3 is 0 Å². The van der Waals surface area contributed by atoms with E-state index in [0.717, 1.165) is 11.1 Å². The summed E-state index contributed by atoms with van der Waals surface area (Å²) in [6.07, 6.45) is 0. The maximum absolute atomic E-state index is 13.1. The molecular formula is C24H25NO6. The third-order valence-corrected chi connectivity index (χ3v) is 5.61. The number of ether oxygens (including phenoxy) is 3. The number of carbonyl (C=O) groups excluding carboxylic acids is 2. The fourth-order valence-electron chi connectivity index (χ4n) is 4.01. The number of nitrogens with zero attached hydrogens (tertiary/aromatic N) is 1. The number of rotatable bonds is 5. The number of benzene rings is 2. The highest BCUT2D eigenvalue weighted by Crippen LogP contribution is 2.42. The summed E-state index contributed by atoms with van der Waals surface area (Å²) in [5.41, 5.74) is 3.01. The van der Waals surface area contributed by atoms with Crippen LogP contribution >= 0.6 is 0 Å². The quantitative estimate of drug-likeness (QED) is 0.452. The number of hydrogen-bond donors (Lipinski definition) is 1. The van der Waals surface area contributed by atoms with Crippen molar-refractivity contribution in [2.75, 3.05) is 33.5 Å². The van der Waals surface area contributed by atoms with Gasteiger partial charge in [0.1, 0.15) is 19.0 Å². The molecule has 1 unspecified atom stereocenters. The maximum Gasteiger partial charge on any atom is 0.295 e. The highest BCUT2D eigenvalue weighted by Gasteiger charge is 2.46. The molecule has 0 bridgehead atoms. The van der Waals surface area contributed by atoms with Crippen LogP contribution in [-0.4, -0.2) is 55.2 Å². The molecule has 0 radical (unpaired) electrons. The number of methoxy groups -OCH3 is 1. The van der Waals surface area contributed by atoms with Gasteiger partial charge in [0.25, 0.3) is 11.7 Å². The third kappa shape index (κ3) is 3.77. The van der Waals surface area contributed by atoms with Crippen molar-refractivity contribution in [3.05, 3.63) is 64.2 Å². The molecule has 1 amide bonds. The minimum Gasteiger partial charge on any atom is -0.507 e. The molecule has 1 atom stereocenters. The average molecular weight is 423 g/mol. The lowest BCUT2D eigenvalue weighted by molar-refractivity contribution is -0.140. The van der Waals surface area contributed by atoms with Gasteiger partial charge in [0.05, 0.1) is 18.2 Å². The number of ketones is 1. The maximum atomic E-state index is 13.1. The SMILES string of the molecule is COCCN1C(=O)C(=O)/C(=C(/O)c2cc(C)ccc2C)C1c1ccc2c(c1)OCCO2. The van der Waals surface area contributed by atoms with Crippen molar-refractivity contribution in [3.8, 4) is 11.5 Å². The van der Waals surface area contributed by atoms with E-state index >= 15 is 0 Å². The Hall–Kier alpha value is -3.32. The van der Waals surface area contributed by atoms with Gasteiger partial charge in [0.15, 0.2) is 11.5 Å². The van der Waals surface area contributed by atoms with Crippen molar-refractivity contribution in [2.24, 2.45) is 0 Å². The highest BCUT2D eigenvalue weighted by molar-refractivity contribution is 6.46. The number of aryl methyl sites for hydroxylation is 2. The molecule has 31 heavy (non-hydrogen) atoms. The molecule has 162 valence electrons. The number of aliphatic hydroxyl groups excluding tert-OH is 1. The van der Waals surface area contributed by atoms with E-state index in [1.807, 2.05) is 32.0 Å². The Kier molecular flexibility index (Phi) is 5.69. The van der Waals surface area contributed by atoms with Crippen molar-refractivity contribution in [2.45, 2.75) is 19.9 Å². The van der Waals surface area contributed by atoms with Crippen LogP contribution in [0.2, 0.25) is 0 Å². The summed E-state index contributed by atoms with van der Waals surface area (Å²) in [5.74, 6) is -0.399. The van der Waals surface area contributed by atoms with E-state index in [0.29, 0.717) is 35.8 Å². The Morgan fingerprint density at radius 1 is 1.10 bits per heavy atom. The number of hydrogen-bond acceptors (Lipinski definition) is 6. The predicted molar refractivity (Wildman–Crippen MR) is 114 cm³/mol. The fourth-order valence-corrected chi connectivity index (χ4v) is 4.01. The molecule has 2 heterocycles. The van der Waals surface area contributed by atoms with E-state index in [1.165, 1.54) is 12.0 Å². The summed E-state index contributed by atoms with van der Waals surface area (Å²) in [5, 5.41) is 11.2. The normalized spacial score (nSPS) is 19.7. The minimum atomic E-state index is -0.758. The lowest BCUT2D eigenvalue weighted by Gasteiger charge is -2.26. The molecule has 0 aromatic heterocycles. The zero-order valence-electron chi connectivity index (χ0n) is 17.8. The lowest BCUT2D eigenvalue weighted by atomic mass is 9.93. The molecule has 7 nitrogen and oxygen atoms in total. The molecule has 2 aromatic carbocycles. The van der Waals surface area contributed by atoms with Crippen LogP contribution < -0.4 is 9.47 Å². The van der Waals surface area contributed by atoms with Crippen LogP contribution in [0.15, 0.2) is 42.0 Å². The molecule has 0 aliphatic carbocycles. The van der Waals surface area contributed by atoms with Crippen molar-refractivity contribution in [1.29, 1.82) is 0 Å². The van der Waals surface area contributed by atoms with Gasteiger partial charge in [-0.05, 0) is 43.2 Å². The Morgan fingerprint density at radius 3 is 2.58 bits per heavy atom. The topological polar surface area (TPSA) is 85.3 Å². The Labute approximate surface area is 180 Å². The van der Waals surface area contributed by atoms with E-state index in [1.54, 1.807) is 18.2 Å². The molecule has 0 spiro atoms.